The molecule has 0 saturated heterocycles. The van der Waals surface area contributed by atoms with Gasteiger partial charge >= 0.3 is 0 Å². The van der Waals surface area contributed by atoms with Gasteiger partial charge in [0.05, 0.1) is 5.69 Å². The van der Waals surface area contributed by atoms with Crippen LogP contribution in [0.2, 0.25) is 0 Å². The number of amides is 1. The summed E-state index contributed by atoms with van der Waals surface area (Å²) >= 11 is 0. The number of aromatic nitrogens is 1. The second-order valence-electron chi connectivity index (χ2n) is 4.99. The van der Waals surface area contributed by atoms with Crippen LogP contribution in [-0.4, -0.2) is 22.3 Å². The van der Waals surface area contributed by atoms with Crippen LogP contribution >= 0.6 is 12.4 Å². The lowest BCUT2D eigenvalue weighted by molar-refractivity contribution is 0.0734. The van der Waals surface area contributed by atoms with Crippen LogP contribution in [0.25, 0.3) is 0 Å². The third kappa shape index (κ3) is 3.23. The lowest BCUT2D eigenvalue weighted by Gasteiger charge is -2.29. The van der Waals surface area contributed by atoms with Gasteiger partial charge in [0.2, 0.25) is 0 Å². The van der Waals surface area contributed by atoms with Gasteiger partial charge in [-0.2, -0.15) is 0 Å². The third-order valence-corrected chi connectivity index (χ3v) is 3.69. The third-order valence-electron chi connectivity index (χ3n) is 3.69. The Kier molecular flexibility index (Phi) is 4.94. The molecule has 0 spiro atoms. The van der Waals surface area contributed by atoms with Crippen LogP contribution in [0.3, 0.4) is 0 Å². The molecule has 2 N–H and O–H groups in total. The second kappa shape index (κ2) is 6.70. The van der Waals surface area contributed by atoms with E-state index in [0.29, 0.717) is 18.7 Å². The van der Waals surface area contributed by atoms with Crippen LogP contribution in [-0.2, 0) is 19.5 Å². The zero-order valence-corrected chi connectivity index (χ0v) is 12.5. The van der Waals surface area contributed by atoms with Crippen molar-refractivity contribution in [2.24, 2.45) is 5.73 Å². The van der Waals surface area contributed by atoms with E-state index >= 15 is 0 Å². The van der Waals surface area contributed by atoms with Crippen molar-refractivity contribution in [3.63, 3.8) is 0 Å². The lowest BCUT2D eigenvalue weighted by atomic mass is 9.99. The number of carbonyl (C=O) groups excluding carboxylic acids is 1. The van der Waals surface area contributed by atoms with Gasteiger partial charge in [0.25, 0.3) is 5.91 Å². The molecule has 1 amide bonds. The minimum absolute atomic E-state index is 0. The number of hydrogen-bond donors (Lipinski definition) is 1. The molecule has 4 nitrogen and oxygen atoms in total. The number of carbonyl (C=O) groups is 1. The average Bonchev–Trinajstić information content (AvgIpc) is 2.53. The molecular weight excluding hydrogens is 286 g/mol. The molecule has 1 aromatic carbocycles. The van der Waals surface area contributed by atoms with Crippen molar-refractivity contribution >= 4 is 18.3 Å². The molecule has 1 aliphatic rings. The Morgan fingerprint density at radius 2 is 2.00 bits per heavy atom. The summed E-state index contributed by atoms with van der Waals surface area (Å²) in [4.78, 5) is 18.5. The minimum Gasteiger partial charge on any atom is -0.334 e. The molecule has 2 aromatic rings. The van der Waals surface area contributed by atoms with Gasteiger partial charge in [-0.05, 0) is 29.7 Å². The maximum absolute atomic E-state index is 12.5. The Balaban J connectivity index is 0.00000161. The van der Waals surface area contributed by atoms with Crippen LogP contribution < -0.4 is 5.73 Å². The van der Waals surface area contributed by atoms with Crippen LogP contribution in [0.5, 0.6) is 0 Å². The number of halogens is 1. The maximum atomic E-state index is 12.5. The fourth-order valence-electron chi connectivity index (χ4n) is 2.57. The molecule has 1 aromatic heterocycles. The Hall–Kier alpha value is -1.91. The zero-order valence-electron chi connectivity index (χ0n) is 11.7. The first-order valence-corrected chi connectivity index (χ1v) is 6.79. The van der Waals surface area contributed by atoms with Crippen molar-refractivity contribution in [3.8, 4) is 0 Å². The SMILES string of the molecule is Cl.NCc1cc(C(=O)N2CCc3ccccc3C2)ccn1. The highest BCUT2D eigenvalue weighted by atomic mass is 35.5. The van der Waals surface area contributed by atoms with Gasteiger partial charge in [-0.15, -0.1) is 12.4 Å². The quantitative estimate of drug-likeness (QED) is 0.925. The average molecular weight is 304 g/mol. The number of hydrogen-bond acceptors (Lipinski definition) is 3. The predicted molar refractivity (Wildman–Crippen MR) is 84.3 cm³/mol. The molecular formula is C16H18ClN3O. The molecule has 0 saturated carbocycles. The summed E-state index contributed by atoms with van der Waals surface area (Å²) in [6.45, 7) is 1.79. The summed E-state index contributed by atoms with van der Waals surface area (Å²) in [5.41, 5.74) is 9.56. The number of benzene rings is 1. The van der Waals surface area contributed by atoms with Crippen molar-refractivity contribution in [1.29, 1.82) is 0 Å². The van der Waals surface area contributed by atoms with Gasteiger partial charge in [-0.25, -0.2) is 0 Å². The fourth-order valence-corrected chi connectivity index (χ4v) is 2.57. The zero-order chi connectivity index (χ0) is 13.9. The Morgan fingerprint density at radius 1 is 1.24 bits per heavy atom. The van der Waals surface area contributed by atoms with Gasteiger partial charge in [-0.3, -0.25) is 9.78 Å². The smallest absolute Gasteiger partial charge is 0.254 e. The molecule has 5 heteroatoms. The van der Waals surface area contributed by atoms with Crippen molar-refractivity contribution in [2.75, 3.05) is 6.54 Å². The van der Waals surface area contributed by atoms with E-state index < -0.39 is 0 Å². The minimum atomic E-state index is 0. The molecule has 21 heavy (non-hydrogen) atoms. The molecule has 0 aliphatic carbocycles. The standard InChI is InChI=1S/C16H17N3O.ClH/c17-10-15-9-13(5-7-18-15)16(20)19-8-6-12-3-1-2-4-14(12)11-19;/h1-5,7,9H,6,8,10-11,17H2;1H. The first-order valence-electron chi connectivity index (χ1n) is 6.79. The molecule has 3 rings (SSSR count). The largest absolute Gasteiger partial charge is 0.334 e. The first kappa shape index (κ1) is 15.5. The van der Waals surface area contributed by atoms with E-state index in [-0.39, 0.29) is 18.3 Å². The first-order chi connectivity index (χ1) is 9.78. The van der Waals surface area contributed by atoms with Crippen molar-refractivity contribution < 1.29 is 4.79 Å². The molecule has 0 bridgehead atoms. The Morgan fingerprint density at radius 3 is 2.76 bits per heavy atom. The van der Waals surface area contributed by atoms with E-state index in [0.717, 1.165) is 18.7 Å². The summed E-state index contributed by atoms with van der Waals surface area (Å²) < 4.78 is 0. The van der Waals surface area contributed by atoms with Crippen molar-refractivity contribution in [2.45, 2.75) is 19.5 Å². The molecule has 0 unspecified atom stereocenters. The summed E-state index contributed by atoms with van der Waals surface area (Å²) in [6.07, 6.45) is 2.56. The van der Waals surface area contributed by atoms with Gasteiger partial charge in [0.15, 0.2) is 0 Å². The van der Waals surface area contributed by atoms with Gasteiger partial charge < -0.3 is 10.6 Å². The highest BCUT2D eigenvalue weighted by Gasteiger charge is 2.21. The maximum Gasteiger partial charge on any atom is 0.254 e. The summed E-state index contributed by atoms with van der Waals surface area (Å²) in [5.74, 6) is 0.0524. The molecule has 1 aliphatic heterocycles. The Bertz CT molecular complexity index is 645. The molecule has 0 fully saturated rings. The fraction of sp³-hybridized carbons (Fsp3) is 0.250. The number of nitrogens with zero attached hydrogens (tertiary/aromatic N) is 2. The number of rotatable bonds is 2. The predicted octanol–water partition coefficient (Wildman–Crippen LogP) is 2.16. The number of nitrogens with two attached hydrogens (primary N) is 1. The number of pyridine rings is 1. The van der Waals surface area contributed by atoms with E-state index in [1.807, 2.05) is 17.0 Å². The Labute approximate surface area is 130 Å². The van der Waals surface area contributed by atoms with Crippen LogP contribution in [0.1, 0.15) is 27.2 Å². The molecule has 2 heterocycles. The molecule has 0 radical (unpaired) electrons. The topological polar surface area (TPSA) is 59.2 Å². The molecule has 110 valence electrons. The monoisotopic (exact) mass is 303 g/mol. The van der Waals surface area contributed by atoms with E-state index in [1.165, 1.54) is 11.1 Å². The van der Waals surface area contributed by atoms with Gasteiger partial charge in [-0.1, -0.05) is 24.3 Å². The lowest BCUT2D eigenvalue weighted by Crippen LogP contribution is -2.36. The summed E-state index contributed by atoms with van der Waals surface area (Å²) in [5, 5.41) is 0. The highest BCUT2D eigenvalue weighted by Crippen LogP contribution is 2.20. The van der Waals surface area contributed by atoms with Crippen LogP contribution in [0.15, 0.2) is 42.6 Å². The molecule has 0 atom stereocenters. The van der Waals surface area contributed by atoms with E-state index in [1.54, 1.807) is 18.3 Å². The van der Waals surface area contributed by atoms with E-state index in [9.17, 15) is 4.79 Å². The number of fused-ring (bicyclic) bond motifs is 1. The van der Waals surface area contributed by atoms with Crippen LogP contribution in [0.4, 0.5) is 0 Å². The van der Waals surface area contributed by atoms with Crippen LogP contribution in [0, 0.1) is 0 Å². The van der Waals surface area contributed by atoms with E-state index in [2.05, 4.69) is 17.1 Å². The summed E-state index contributed by atoms with van der Waals surface area (Å²) in [6, 6.07) is 11.8. The second-order valence-corrected chi connectivity index (χ2v) is 4.99. The van der Waals surface area contributed by atoms with Gasteiger partial charge in [0.1, 0.15) is 0 Å². The normalized spacial score (nSPS) is 13.3. The van der Waals surface area contributed by atoms with Crippen molar-refractivity contribution in [3.05, 3.63) is 65.0 Å². The van der Waals surface area contributed by atoms with E-state index in [4.69, 9.17) is 5.73 Å². The highest BCUT2D eigenvalue weighted by molar-refractivity contribution is 5.94. The van der Waals surface area contributed by atoms with Crippen molar-refractivity contribution in [1.82, 2.24) is 9.88 Å². The van der Waals surface area contributed by atoms with Gasteiger partial charge in [0, 0.05) is 31.4 Å². The summed E-state index contributed by atoms with van der Waals surface area (Å²) in [7, 11) is 0.